The van der Waals surface area contributed by atoms with E-state index in [9.17, 15) is 9.00 Å². The quantitative estimate of drug-likeness (QED) is 0.551. The zero-order chi connectivity index (χ0) is 21.8. The number of hydroxylamine groups is 1. The van der Waals surface area contributed by atoms with Crippen molar-refractivity contribution in [1.29, 1.82) is 0 Å². The average Bonchev–Trinajstić information content (AvgIpc) is 2.84. The van der Waals surface area contributed by atoms with E-state index in [2.05, 4.69) is 41.1 Å². The van der Waals surface area contributed by atoms with Crippen LogP contribution in [0.2, 0.25) is 0 Å². The first kappa shape index (κ1) is 21.7. The Morgan fingerprint density at radius 3 is 2.10 bits per heavy atom. The summed E-state index contributed by atoms with van der Waals surface area (Å²) in [4.78, 5) is 17.0. The highest BCUT2D eigenvalue weighted by Crippen LogP contribution is 2.26. The summed E-state index contributed by atoms with van der Waals surface area (Å²) in [5.74, 6) is -0.492. The van der Waals surface area contributed by atoms with Gasteiger partial charge in [-0.2, -0.15) is 0 Å². The zero-order valence-electron chi connectivity index (χ0n) is 17.7. The molecule has 2 N–H and O–H groups in total. The zero-order valence-corrected chi connectivity index (χ0v) is 18.5. The predicted molar refractivity (Wildman–Crippen MR) is 122 cm³/mol. The molecule has 4 rings (SSSR count). The number of hydrogen-bond acceptors (Lipinski definition) is 5. The van der Waals surface area contributed by atoms with Gasteiger partial charge in [-0.3, -0.25) is 10.0 Å². The molecule has 164 valence electrons. The SMILES string of the molecule is CN1CCN(c2ccc(-c3ccc(S(=O)N4CC=C(C(=O)NO)CC4)cc3)cc2)CC1. The van der Waals surface area contributed by atoms with Gasteiger partial charge in [-0.1, -0.05) is 30.3 Å². The van der Waals surface area contributed by atoms with Crippen LogP contribution in [0.15, 0.2) is 65.1 Å². The highest BCUT2D eigenvalue weighted by Gasteiger charge is 2.21. The van der Waals surface area contributed by atoms with Crippen molar-refractivity contribution in [1.82, 2.24) is 14.7 Å². The summed E-state index contributed by atoms with van der Waals surface area (Å²) >= 11 is 0. The minimum Gasteiger partial charge on any atom is -0.369 e. The molecule has 7 nitrogen and oxygen atoms in total. The van der Waals surface area contributed by atoms with Crippen molar-refractivity contribution in [2.45, 2.75) is 11.3 Å². The normalized spacial score (nSPS) is 19.0. The summed E-state index contributed by atoms with van der Waals surface area (Å²) in [6.07, 6.45) is 2.17. The number of hydrogen-bond donors (Lipinski definition) is 2. The van der Waals surface area contributed by atoms with E-state index in [0.717, 1.165) is 42.2 Å². The molecular weight excluding hydrogens is 412 g/mol. The number of amides is 1. The van der Waals surface area contributed by atoms with Gasteiger partial charge in [-0.05, 0) is 48.9 Å². The fourth-order valence-corrected chi connectivity index (χ4v) is 5.06. The smallest absolute Gasteiger partial charge is 0.270 e. The molecule has 0 spiro atoms. The molecule has 1 saturated heterocycles. The Bertz CT molecular complexity index is 967. The number of benzene rings is 2. The molecule has 1 atom stereocenters. The monoisotopic (exact) mass is 440 g/mol. The molecule has 0 aromatic heterocycles. The van der Waals surface area contributed by atoms with Crippen LogP contribution in [0.25, 0.3) is 11.1 Å². The van der Waals surface area contributed by atoms with Crippen molar-refractivity contribution in [3.05, 3.63) is 60.2 Å². The molecule has 0 bridgehead atoms. The van der Waals surface area contributed by atoms with Crippen molar-refractivity contribution in [3.63, 3.8) is 0 Å². The van der Waals surface area contributed by atoms with Crippen molar-refractivity contribution in [2.24, 2.45) is 0 Å². The minimum absolute atomic E-state index is 0.408. The Labute approximate surface area is 185 Å². The number of anilines is 1. The van der Waals surface area contributed by atoms with Gasteiger partial charge < -0.3 is 9.80 Å². The highest BCUT2D eigenvalue weighted by molar-refractivity contribution is 7.82. The van der Waals surface area contributed by atoms with Crippen LogP contribution in [0.3, 0.4) is 0 Å². The van der Waals surface area contributed by atoms with E-state index in [1.165, 1.54) is 5.69 Å². The summed E-state index contributed by atoms with van der Waals surface area (Å²) in [6, 6.07) is 16.4. The van der Waals surface area contributed by atoms with Crippen LogP contribution < -0.4 is 10.4 Å². The molecule has 0 radical (unpaired) electrons. The third kappa shape index (κ3) is 5.04. The molecule has 2 aromatic carbocycles. The standard InChI is InChI=1S/C23H28N4O3S/c1-25-14-16-26(17-15-25)21-6-2-18(3-7-21)19-4-8-22(9-5-19)31(30)27-12-10-20(11-13-27)23(28)24-29/h2-10,29H,11-17H2,1H3,(H,24,28). The van der Waals surface area contributed by atoms with E-state index in [1.807, 2.05) is 28.6 Å². The summed E-state index contributed by atoms with van der Waals surface area (Å²) in [7, 11) is 0.868. The van der Waals surface area contributed by atoms with Crippen molar-refractivity contribution >= 4 is 22.6 Å². The summed E-state index contributed by atoms with van der Waals surface area (Å²) in [5, 5.41) is 8.73. The second kappa shape index (κ2) is 9.74. The largest absolute Gasteiger partial charge is 0.369 e. The van der Waals surface area contributed by atoms with Crippen LogP contribution >= 0.6 is 0 Å². The van der Waals surface area contributed by atoms with Gasteiger partial charge in [0.15, 0.2) is 0 Å². The number of nitrogens with zero attached hydrogens (tertiary/aromatic N) is 3. The molecule has 2 aromatic rings. The second-order valence-electron chi connectivity index (χ2n) is 7.92. The maximum Gasteiger partial charge on any atom is 0.270 e. The van der Waals surface area contributed by atoms with Crippen LogP contribution in [0, 0.1) is 0 Å². The van der Waals surface area contributed by atoms with Gasteiger partial charge in [-0.25, -0.2) is 14.0 Å². The summed E-state index contributed by atoms with van der Waals surface area (Å²) in [5.41, 5.74) is 5.65. The molecule has 2 aliphatic rings. The minimum atomic E-state index is -1.29. The average molecular weight is 441 g/mol. The van der Waals surface area contributed by atoms with E-state index in [4.69, 9.17) is 5.21 Å². The number of likely N-dealkylation sites (N-methyl/N-ethyl adjacent to an activating group) is 1. The lowest BCUT2D eigenvalue weighted by Gasteiger charge is -2.34. The molecule has 31 heavy (non-hydrogen) atoms. The molecular formula is C23H28N4O3S. The first-order valence-corrected chi connectivity index (χ1v) is 11.6. The number of nitrogens with one attached hydrogen (secondary N) is 1. The lowest BCUT2D eigenvalue weighted by atomic mass is 10.1. The fraction of sp³-hybridized carbons (Fsp3) is 0.348. The van der Waals surface area contributed by atoms with Gasteiger partial charge in [-0.15, -0.1) is 0 Å². The molecule has 1 fully saturated rings. The van der Waals surface area contributed by atoms with Crippen LogP contribution in [0.5, 0.6) is 0 Å². The van der Waals surface area contributed by atoms with Crippen LogP contribution in [-0.2, 0) is 15.8 Å². The molecule has 0 saturated carbocycles. The molecule has 1 amide bonds. The molecule has 0 aliphatic carbocycles. The number of piperazine rings is 1. The third-order valence-corrected chi connectivity index (χ3v) is 7.40. The number of carbonyl (C=O) groups excluding carboxylic acids is 1. The lowest BCUT2D eigenvalue weighted by molar-refractivity contribution is -0.125. The Hall–Kier alpha value is -2.52. The molecule has 1 unspecified atom stereocenters. The van der Waals surface area contributed by atoms with E-state index < -0.39 is 16.9 Å². The summed E-state index contributed by atoms with van der Waals surface area (Å²) in [6.45, 7) is 5.18. The highest BCUT2D eigenvalue weighted by atomic mass is 32.2. The maximum atomic E-state index is 12.9. The summed E-state index contributed by atoms with van der Waals surface area (Å²) < 4.78 is 14.7. The second-order valence-corrected chi connectivity index (χ2v) is 9.41. The predicted octanol–water partition coefficient (Wildman–Crippen LogP) is 2.27. The van der Waals surface area contributed by atoms with Gasteiger partial charge in [0, 0.05) is 50.5 Å². The van der Waals surface area contributed by atoms with Crippen molar-refractivity contribution < 1.29 is 14.2 Å². The van der Waals surface area contributed by atoms with Gasteiger partial charge in [0.25, 0.3) is 5.91 Å². The molecule has 8 heteroatoms. The van der Waals surface area contributed by atoms with Crippen molar-refractivity contribution in [2.75, 3.05) is 51.2 Å². The first-order chi connectivity index (χ1) is 15.0. The van der Waals surface area contributed by atoms with Gasteiger partial charge in [0.05, 0.1) is 4.90 Å². The van der Waals surface area contributed by atoms with E-state index in [1.54, 1.807) is 11.6 Å². The van der Waals surface area contributed by atoms with E-state index in [0.29, 0.717) is 25.1 Å². The Kier molecular flexibility index (Phi) is 6.82. The van der Waals surface area contributed by atoms with Crippen molar-refractivity contribution in [3.8, 4) is 11.1 Å². The van der Waals surface area contributed by atoms with Gasteiger partial charge in [0.1, 0.15) is 11.0 Å². The van der Waals surface area contributed by atoms with Gasteiger partial charge >= 0.3 is 0 Å². The first-order valence-electron chi connectivity index (χ1n) is 10.5. The maximum absolute atomic E-state index is 12.9. The Morgan fingerprint density at radius 2 is 1.55 bits per heavy atom. The lowest BCUT2D eigenvalue weighted by Crippen LogP contribution is -2.44. The Balaban J connectivity index is 1.39. The fourth-order valence-electron chi connectivity index (χ4n) is 3.92. The van der Waals surface area contributed by atoms with Crippen LogP contribution in [-0.4, -0.2) is 70.8 Å². The van der Waals surface area contributed by atoms with E-state index >= 15 is 0 Å². The third-order valence-electron chi connectivity index (χ3n) is 5.92. The topological polar surface area (TPSA) is 76.1 Å². The van der Waals surface area contributed by atoms with Crippen LogP contribution in [0.4, 0.5) is 5.69 Å². The number of rotatable bonds is 5. The van der Waals surface area contributed by atoms with E-state index in [-0.39, 0.29) is 0 Å². The van der Waals surface area contributed by atoms with Gasteiger partial charge in [0.2, 0.25) is 0 Å². The number of carbonyl (C=O) groups is 1. The molecule has 2 heterocycles. The Morgan fingerprint density at radius 1 is 0.935 bits per heavy atom. The molecule has 2 aliphatic heterocycles. The van der Waals surface area contributed by atoms with Crippen LogP contribution in [0.1, 0.15) is 6.42 Å².